The normalized spacial score (nSPS) is 34.4. The lowest BCUT2D eigenvalue weighted by molar-refractivity contribution is 0.115. The van der Waals surface area contributed by atoms with Crippen LogP contribution in [0.15, 0.2) is 41.3 Å². The van der Waals surface area contributed by atoms with E-state index in [2.05, 4.69) is 6.07 Å². The Morgan fingerprint density at radius 1 is 1.22 bits per heavy atom. The van der Waals surface area contributed by atoms with E-state index in [0.29, 0.717) is 0 Å². The topological polar surface area (TPSA) is 50.1 Å². The Kier molecular flexibility index (Phi) is 2.81. The van der Waals surface area contributed by atoms with Crippen molar-refractivity contribution in [2.24, 2.45) is 5.92 Å². The average Bonchev–Trinajstić information content (AvgIpc) is 2.98. The van der Waals surface area contributed by atoms with Crippen LogP contribution in [0.3, 0.4) is 0 Å². The summed E-state index contributed by atoms with van der Waals surface area (Å²) < 4.78 is 18.2. The smallest absolute Gasteiger partial charge is 0.0936 e. The van der Waals surface area contributed by atoms with E-state index in [1.165, 1.54) is 0 Å². The number of rotatable bonds is 2. The van der Waals surface area contributed by atoms with Crippen LogP contribution in [0.5, 0.6) is 0 Å². The molecule has 2 aliphatic rings. The molecule has 0 aromatic heterocycles. The molecule has 0 spiro atoms. The number of hydrogen-bond donors (Lipinski definition) is 0. The van der Waals surface area contributed by atoms with Crippen molar-refractivity contribution < 1.29 is 8.95 Å². The van der Waals surface area contributed by atoms with E-state index in [0.717, 1.165) is 10.5 Å². The van der Waals surface area contributed by atoms with Crippen molar-refractivity contribution in [3.8, 4) is 6.07 Å². The highest BCUT2D eigenvalue weighted by Crippen LogP contribution is 2.38. The molecule has 1 saturated heterocycles. The summed E-state index contributed by atoms with van der Waals surface area (Å²) in [4.78, 5) is 0.774. The van der Waals surface area contributed by atoms with Gasteiger partial charge in [-0.05, 0) is 19.1 Å². The van der Waals surface area contributed by atoms with E-state index < -0.39 is 10.8 Å². The van der Waals surface area contributed by atoms with Gasteiger partial charge in [0.15, 0.2) is 0 Å². The Morgan fingerprint density at radius 3 is 2.56 bits per heavy atom. The molecule has 18 heavy (non-hydrogen) atoms. The first kappa shape index (κ1) is 11.6. The summed E-state index contributed by atoms with van der Waals surface area (Å²) in [6.07, 6.45) is 3.47. The van der Waals surface area contributed by atoms with E-state index in [-0.39, 0.29) is 23.4 Å². The fraction of sp³-hybridized carbons (Fsp3) is 0.357. The van der Waals surface area contributed by atoms with Gasteiger partial charge < -0.3 is 4.74 Å². The second-order valence-corrected chi connectivity index (χ2v) is 6.29. The first-order valence-corrected chi connectivity index (χ1v) is 7.12. The van der Waals surface area contributed by atoms with Gasteiger partial charge in [0.2, 0.25) is 0 Å². The summed E-state index contributed by atoms with van der Waals surface area (Å²) in [5, 5.41) is 8.96. The highest BCUT2D eigenvalue weighted by molar-refractivity contribution is 7.85. The number of aryl methyl sites for hydroxylation is 1. The number of fused-ring (bicyclic) bond motifs is 2. The summed E-state index contributed by atoms with van der Waals surface area (Å²) >= 11 is 0. The zero-order chi connectivity index (χ0) is 12.7. The molecule has 3 rings (SSSR count). The second-order valence-electron chi connectivity index (χ2n) is 4.68. The van der Waals surface area contributed by atoms with Crippen molar-refractivity contribution in [3.05, 3.63) is 42.0 Å². The SMILES string of the molecule is Cc1ccc(S(=O)[C@@H]2[C@H](C#N)[C@@H]3C=C[C@H]2O3)cc1. The van der Waals surface area contributed by atoms with Gasteiger partial charge in [-0.25, -0.2) is 0 Å². The maximum absolute atomic E-state index is 12.6. The van der Waals surface area contributed by atoms with Crippen molar-refractivity contribution in [2.45, 2.75) is 29.3 Å². The van der Waals surface area contributed by atoms with Gasteiger partial charge in [-0.2, -0.15) is 5.26 Å². The molecule has 0 radical (unpaired) electrons. The van der Waals surface area contributed by atoms with Gasteiger partial charge in [-0.1, -0.05) is 29.8 Å². The van der Waals surface area contributed by atoms with Crippen LogP contribution in [0.4, 0.5) is 0 Å². The van der Waals surface area contributed by atoms with Crippen molar-refractivity contribution in [1.82, 2.24) is 0 Å². The van der Waals surface area contributed by atoms with Gasteiger partial charge >= 0.3 is 0 Å². The fourth-order valence-electron chi connectivity index (χ4n) is 2.51. The maximum Gasteiger partial charge on any atom is 0.0936 e. The van der Waals surface area contributed by atoms with Crippen molar-refractivity contribution in [3.63, 3.8) is 0 Å². The highest BCUT2D eigenvalue weighted by Gasteiger charge is 2.49. The summed E-state index contributed by atoms with van der Waals surface area (Å²) in [5.41, 5.74) is 1.14. The van der Waals surface area contributed by atoms with Crippen LogP contribution in [0.25, 0.3) is 0 Å². The van der Waals surface area contributed by atoms with E-state index in [9.17, 15) is 9.47 Å². The molecule has 1 aromatic rings. The van der Waals surface area contributed by atoms with Crippen molar-refractivity contribution in [1.29, 1.82) is 5.26 Å². The zero-order valence-electron chi connectivity index (χ0n) is 9.95. The minimum absolute atomic E-state index is 0.179. The largest absolute Gasteiger partial charge is 0.364 e. The van der Waals surface area contributed by atoms with Gasteiger partial charge in [-0.3, -0.25) is 4.21 Å². The third kappa shape index (κ3) is 1.71. The molecule has 2 aliphatic heterocycles. The molecule has 1 aromatic carbocycles. The van der Waals surface area contributed by atoms with Crippen LogP contribution in [0, 0.1) is 24.2 Å². The molecule has 0 N–H and O–H groups in total. The molecule has 5 atom stereocenters. The van der Waals surface area contributed by atoms with Gasteiger partial charge in [0, 0.05) is 4.90 Å². The Bertz CT molecular complexity index is 558. The molecule has 0 amide bonds. The van der Waals surface area contributed by atoms with E-state index in [1.807, 2.05) is 43.3 Å². The highest BCUT2D eigenvalue weighted by atomic mass is 32.2. The molecule has 4 heteroatoms. The lowest BCUT2D eigenvalue weighted by Crippen LogP contribution is -2.32. The van der Waals surface area contributed by atoms with Crippen LogP contribution in [0.1, 0.15) is 5.56 Å². The minimum atomic E-state index is -1.20. The quantitative estimate of drug-likeness (QED) is 0.763. The Labute approximate surface area is 109 Å². The molecular formula is C14H13NO2S. The van der Waals surface area contributed by atoms with E-state index in [4.69, 9.17) is 4.74 Å². The van der Waals surface area contributed by atoms with Crippen molar-refractivity contribution in [2.75, 3.05) is 0 Å². The lowest BCUT2D eigenvalue weighted by Gasteiger charge is -2.19. The summed E-state index contributed by atoms with van der Waals surface area (Å²) in [6, 6.07) is 9.87. The van der Waals surface area contributed by atoms with Crippen molar-refractivity contribution >= 4 is 10.8 Å². The number of nitriles is 1. The van der Waals surface area contributed by atoms with Crippen LogP contribution in [0.2, 0.25) is 0 Å². The standard InChI is InChI=1S/C14H13NO2S/c1-9-2-4-10(5-3-9)18(16)14-11(8-15)12-6-7-13(14)17-12/h2-7,11-14H,1H3/t11-,12+,13-,14-,18?/m1/s1. The average molecular weight is 259 g/mol. The Balaban J connectivity index is 1.91. The van der Waals surface area contributed by atoms with Crippen LogP contribution in [-0.4, -0.2) is 21.7 Å². The monoisotopic (exact) mass is 259 g/mol. The molecule has 0 saturated carbocycles. The molecular weight excluding hydrogens is 246 g/mol. The number of hydrogen-bond acceptors (Lipinski definition) is 3. The van der Waals surface area contributed by atoms with Crippen LogP contribution in [-0.2, 0) is 15.5 Å². The molecule has 0 aliphatic carbocycles. The maximum atomic E-state index is 12.6. The number of benzene rings is 1. The zero-order valence-corrected chi connectivity index (χ0v) is 10.8. The minimum Gasteiger partial charge on any atom is -0.364 e. The van der Waals surface area contributed by atoms with Crippen LogP contribution >= 0.6 is 0 Å². The summed E-state index contributed by atoms with van der Waals surface area (Å²) in [5.74, 6) is -0.304. The van der Waals surface area contributed by atoms with Gasteiger partial charge in [0.05, 0.1) is 40.2 Å². The molecule has 3 nitrogen and oxygen atoms in total. The van der Waals surface area contributed by atoms with E-state index in [1.54, 1.807) is 0 Å². The third-order valence-electron chi connectivity index (χ3n) is 3.49. The summed E-state index contributed by atoms with van der Waals surface area (Å²) in [7, 11) is -1.20. The molecule has 1 unspecified atom stereocenters. The molecule has 2 bridgehead atoms. The lowest BCUT2D eigenvalue weighted by atomic mass is 9.95. The number of ether oxygens (including phenoxy) is 1. The fourth-order valence-corrected chi connectivity index (χ4v) is 4.10. The predicted octanol–water partition coefficient (Wildman–Crippen LogP) is 1.95. The van der Waals surface area contributed by atoms with Gasteiger partial charge in [-0.15, -0.1) is 0 Å². The Morgan fingerprint density at radius 2 is 1.89 bits per heavy atom. The van der Waals surface area contributed by atoms with Gasteiger partial charge in [0.1, 0.15) is 0 Å². The first-order valence-electron chi connectivity index (χ1n) is 5.91. The predicted molar refractivity (Wildman–Crippen MR) is 68.3 cm³/mol. The molecule has 2 heterocycles. The number of nitrogens with zero attached hydrogens (tertiary/aromatic N) is 1. The Hall–Kier alpha value is -1.44. The van der Waals surface area contributed by atoms with Gasteiger partial charge in [0.25, 0.3) is 0 Å². The molecule has 92 valence electrons. The molecule has 1 fully saturated rings. The van der Waals surface area contributed by atoms with E-state index >= 15 is 0 Å². The second kappa shape index (κ2) is 4.34. The first-order chi connectivity index (χ1) is 8.70. The summed E-state index contributed by atoms with van der Waals surface area (Å²) in [6.45, 7) is 1.99. The van der Waals surface area contributed by atoms with Crippen LogP contribution < -0.4 is 0 Å². The third-order valence-corrected chi connectivity index (χ3v) is 5.28.